The summed E-state index contributed by atoms with van der Waals surface area (Å²) >= 11 is 4.69. The largest absolute Gasteiger partial charge is 0.508 e. The summed E-state index contributed by atoms with van der Waals surface area (Å²) < 4.78 is 5.81. The van der Waals surface area contributed by atoms with E-state index in [1.165, 1.54) is 11.8 Å². The van der Waals surface area contributed by atoms with E-state index >= 15 is 0 Å². The van der Waals surface area contributed by atoms with Gasteiger partial charge in [-0.15, -0.1) is 0 Å². The van der Waals surface area contributed by atoms with Gasteiger partial charge in [-0.1, -0.05) is 0 Å². The molecule has 88 valence electrons. The Kier molecular flexibility index (Phi) is 3.86. The van der Waals surface area contributed by atoms with Gasteiger partial charge in [0.15, 0.2) is 5.16 Å². The van der Waals surface area contributed by atoms with Gasteiger partial charge in [0.1, 0.15) is 5.75 Å². The molecule has 0 radical (unpaired) electrons. The fourth-order valence-electron chi connectivity index (χ4n) is 1.15. The van der Waals surface area contributed by atoms with Crippen LogP contribution in [0.2, 0.25) is 0 Å². The molecule has 1 aromatic carbocycles. The van der Waals surface area contributed by atoms with Crippen molar-refractivity contribution in [2.75, 3.05) is 7.11 Å². The number of aromatic nitrogens is 2. The highest BCUT2D eigenvalue weighted by Gasteiger charge is 2.06. The molecule has 0 aliphatic heterocycles. The zero-order valence-corrected chi connectivity index (χ0v) is 11.3. The zero-order chi connectivity index (χ0) is 12.3. The van der Waals surface area contributed by atoms with Crippen LogP contribution < -0.4 is 4.74 Å². The zero-order valence-electron chi connectivity index (χ0n) is 8.92. The molecule has 1 heterocycles. The average Bonchev–Trinajstić information content (AvgIpc) is 2.34. The first kappa shape index (κ1) is 12.2. The number of halogens is 1. The standard InChI is InChI=1S/C11H9BrN2O2S/c1-16-10-9(12)6-13-11(14-10)17-8-4-2-7(15)3-5-8/h2-6,15H,1H3. The monoisotopic (exact) mass is 312 g/mol. The van der Waals surface area contributed by atoms with Crippen molar-refractivity contribution in [1.82, 2.24) is 9.97 Å². The van der Waals surface area contributed by atoms with Gasteiger partial charge < -0.3 is 9.84 Å². The van der Waals surface area contributed by atoms with Crippen molar-refractivity contribution >= 4 is 27.7 Å². The lowest BCUT2D eigenvalue weighted by Crippen LogP contribution is -1.93. The van der Waals surface area contributed by atoms with E-state index in [0.29, 0.717) is 11.0 Å². The van der Waals surface area contributed by atoms with Gasteiger partial charge in [-0.05, 0) is 52.0 Å². The van der Waals surface area contributed by atoms with E-state index in [1.807, 2.05) is 0 Å². The number of hydrogen-bond acceptors (Lipinski definition) is 5. The number of phenols is 1. The molecule has 0 aliphatic rings. The molecule has 0 saturated carbocycles. The molecule has 0 amide bonds. The van der Waals surface area contributed by atoms with Crippen LogP contribution in [0.15, 0.2) is 45.0 Å². The molecule has 0 bridgehead atoms. The molecule has 1 aromatic heterocycles. The van der Waals surface area contributed by atoms with Gasteiger partial charge in [0, 0.05) is 11.1 Å². The van der Waals surface area contributed by atoms with Crippen molar-refractivity contribution in [3.05, 3.63) is 34.9 Å². The van der Waals surface area contributed by atoms with Gasteiger partial charge in [-0.25, -0.2) is 4.98 Å². The molecule has 2 aromatic rings. The van der Waals surface area contributed by atoms with Crippen LogP contribution in [-0.4, -0.2) is 22.2 Å². The first-order valence-electron chi connectivity index (χ1n) is 4.72. The van der Waals surface area contributed by atoms with Crippen molar-refractivity contribution < 1.29 is 9.84 Å². The Hall–Kier alpha value is -1.27. The molecule has 0 unspecified atom stereocenters. The van der Waals surface area contributed by atoms with E-state index < -0.39 is 0 Å². The molecule has 0 saturated heterocycles. The molecular weight excluding hydrogens is 304 g/mol. The molecule has 2 rings (SSSR count). The molecule has 0 atom stereocenters. The molecule has 0 fully saturated rings. The maximum atomic E-state index is 9.17. The van der Waals surface area contributed by atoms with Crippen LogP contribution in [0.25, 0.3) is 0 Å². The predicted molar refractivity (Wildman–Crippen MR) is 68.5 cm³/mol. The summed E-state index contributed by atoms with van der Waals surface area (Å²) in [6.07, 6.45) is 1.65. The van der Waals surface area contributed by atoms with Gasteiger partial charge in [-0.2, -0.15) is 4.98 Å². The first-order valence-corrected chi connectivity index (χ1v) is 6.33. The lowest BCUT2D eigenvalue weighted by atomic mass is 10.3. The number of benzene rings is 1. The molecule has 1 N–H and O–H groups in total. The minimum absolute atomic E-state index is 0.239. The minimum Gasteiger partial charge on any atom is -0.508 e. The summed E-state index contributed by atoms with van der Waals surface area (Å²) in [6, 6.07) is 6.85. The van der Waals surface area contributed by atoms with Crippen LogP contribution in [0.1, 0.15) is 0 Å². The normalized spacial score (nSPS) is 10.2. The third-order valence-corrected chi connectivity index (χ3v) is 3.36. The molecular formula is C11H9BrN2O2S. The van der Waals surface area contributed by atoms with Gasteiger partial charge in [0.25, 0.3) is 0 Å². The number of methoxy groups -OCH3 is 1. The highest BCUT2D eigenvalue weighted by Crippen LogP contribution is 2.29. The fourth-order valence-corrected chi connectivity index (χ4v) is 2.22. The third-order valence-electron chi connectivity index (χ3n) is 1.93. The Morgan fingerprint density at radius 3 is 2.65 bits per heavy atom. The highest BCUT2D eigenvalue weighted by atomic mass is 79.9. The number of aromatic hydroxyl groups is 1. The van der Waals surface area contributed by atoms with Crippen LogP contribution in [0.5, 0.6) is 11.6 Å². The van der Waals surface area contributed by atoms with Gasteiger partial charge in [0.2, 0.25) is 5.88 Å². The second-order valence-electron chi connectivity index (χ2n) is 3.11. The number of hydrogen-bond donors (Lipinski definition) is 1. The molecule has 17 heavy (non-hydrogen) atoms. The maximum Gasteiger partial charge on any atom is 0.231 e. The minimum atomic E-state index is 0.239. The SMILES string of the molecule is COc1nc(Sc2ccc(O)cc2)ncc1Br. The predicted octanol–water partition coefficient (Wildman–Crippen LogP) is 3.10. The average molecular weight is 313 g/mol. The first-order chi connectivity index (χ1) is 8.19. The topological polar surface area (TPSA) is 55.2 Å². The number of nitrogens with zero attached hydrogens (tertiary/aromatic N) is 2. The number of rotatable bonds is 3. The van der Waals surface area contributed by atoms with Crippen molar-refractivity contribution in [3.63, 3.8) is 0 Å². The van der Waals surface area contributed by atoms with E-state index in [1.54, 1.807) is 37.6 Å². The Morgan fingerprint density at radius 2 is 2.00 bits per heavy atom. The lowest BCUT2D eigenvalue weighted by Gasteiger charge is -2.04. The van der Waals surface area contributed by atoms with Crippen LogP contribution in [-0.2, 0) is 0 Å². The summed E-state index contributed by atoms with van der Waals surface area (Å²) in [6.45, 7) is 0. The van der Waals surface area contributed by atoms with Gasteiger partial charge in [-0.3, -0.25) is 0 Å². The second-order valence-corrected chi connectivity index (χ2v) is 5.00. The summed E-state index contributed by atoms with van der Waals surface area (Å²) in [5.41, 5.74) is 0. The number of phenolic OH excluding ortho intramolecular Hbond substituents is 1. The van der Waals surface area contributed by atoms with Gasteiger partial charge in [0.05, 0.1) is 11.6 Å². The summed E-state index contributed by atoms with van der Waals surface area (Å²) in [5.74, 6) is 0.741. The molecule has 4 nitrogen and oxygen atoms in total. The van der Waals surface area contributed by atoms with Crippen LogP contribution >= 0.6 is 27.7 Å². The molecule has 0 aliphatic carbocycles. The van der Waals surface area contributed by atoms with E-state index in [0.717, 1.165) is 9.37 Å². The van der Waals surface area contributed by atoms with Crippen LogP contribution in [0, 0.1) is 0 Å². The van der Waals surface area contributed by atoms with E-state index in [9.17, 15) is 5.11 Å². The lowest BCUT2D eigenvalue weighted by molar-refractivity contribution is 0.389. The van der Waals surface area contributed by atoms with Crippen LogP contribution in [0.4, 0.5) is 0 Å². The second kappa shape index (κ2) is 5.37. The Balaban J connectivity index is 2.21. The summed E-state index contributed by atoms with van der Waals surface area (Å²) in [7, 11) is 1.56. The summed E-state index contributed by atoms with van der Waals surface area (Å²) in [4.78, 5) is 9.35. The molecule has 0 spiro atoms. The van der Waals surface area contributed by atoms with E-state index in [2.05, 4.69) is 25.9 Å². The van der Waals surface area contributed by atoms with E-state index in [4.69, 9.17) is 4.74 Å². The quantitative estimate of drug-likeness (QED) is 0.883. The third kappa shape index (κ3) is 3.10. The smallest absolute Gasteiger partial charge is 0.231 e. The van der Waals surface area contributed by atoms with Crippen molar-refractivity contribution in [2.24, 2.45) is 0 Å². The van der Waals surface area contributed by atoms with Gasteiger partial charge >= 0.3 is 0 Å². The van der Waals surface area contributed by atoms with Crippen molar-refractivity contribution in [1.29, 1.82) is 0 Å². The number of ether oxygens (including phenoxy) is 1. The highest BCUT2D eigenvalue weighted by molar-refractivity contribution is 9.10. The van der Waals surface area contributed by atoms with E-state index in [-0.39, 0.29) is 5.75 Å². The maximum absolute atomic E-state index is 9.17. The Morgan fingerprint density at radius 1 is 1.29 bits per heavy atom. The van der Waals surface area contributed by atoms with Crippen LogP contribution in [0.3, 0.4) is 0 Å². The Labute approximate surface area is 111 Å². The van der Waals surface area contributed by atoms with Crippen molar-refractivity contribution in [2.45, 2.75) is 10.1 Å². The molecule has 6 heteroatoms. The Bertz CT molecular complexity index is 519. The van der Waals surface area contributed by atoms with Crippen molar-refractivity contribution in [3.8, 4) is 11.6 Å². The fraction of sp³-hybridized carbons (Fsp3) is 0.0909. The summed E-state index contributed by atoms with van der Waals surface area (Å²) in [5, 5.41) is 9.77.